The molecular formula is C14H30O4S. The number of hydrogen-bond donors (Lipinski definition) is 2. The fourth-order valence-electron chi connectivity index (χ4n) is 2.00. The van der Waals surface area contributed by atoms with Gasteiger partial charge in [-0.05, 0) is 25.7 Å². The van der Waals surface area contributed by atoms with E-state index < -0.39 is 20.7 Å². The molecule has 0 aromatic rings. The zero-order valence-corrected chi connectivity index (χ0v) is 13.2. The van der Waals surface area contributed by atoms with Crippen LogP contribution in [0.1, 0.15) is 78.1 Å². The molecule has 4 nitrogen and oxygen atoms in total. The summed E-state index contributed by atoms with van der Waals surface area (Å²) in [5.74, 6) is 0. The Labute approximate surface area is 118 Å². The standard InChI is InChI=1S/C14H30O4S/c1-3-5-7-9-11-13(15)19(17,18)14(16)12-10-8-6-4-2/h13-16H,3-12H2,1-2H3. The molecule has 116 valence electrons. The molecule has 0 aliphatic rings. The number of unbranched alkanes of at least 4 members (excludes halogenated alkanes) is 6. The summed E-state index contributed by atoms with van der Waals surface area (Å²) in [7, 11) is -3.80. The van der Waals surface area contributed by atoms with Gasteiger partial charge in [0.2, 0.25) is 9.84 Å². The van der Waals surface area contributed by atoms with Gasteiger partial charge in [0, 0.05) is 0 Å². The van der Waals surface area contributed by atoms with Crippen LogP contribution in [0.4, 0.5) is 0 Å². The lowest BCUT2D eigenvalue weighted by molar-refractivity contribution is 0.196. The Kier molecular flexibility index (Phi) is 10.6. The van der Waals surface area contributed by atoms with Gasteiger partial charge in [-0.3, -0.25) is 0 Å². The first kappa shape index (κ1) is 18.9. The summed E-state index contributed by atoms with van der Waals surface area (Å²) < 4.78 is 23.7. The number of rotatable bonds is 12. The Hall–Kier alpha value is -0.130. The number of aliphatic hydroxyl groups excluding tert-OH is 2. The van der Waals surface area contributed by atoms with Crippen LogP contribution < -0.4 is 0 Å². The van der Waals surface area contributed by atoms with E-state index in [-0.39, 0.29) is 12.8 Å². The summed E-state index contributed by atoms with van der Waals surface area (Å²) in [6, 6.07) is 0. The molecule has 0 amide bonds. The molecule has 0 saturated heterocycles. The molecule has 0 rings (SSSR count). The average Bonchev–Trinajstić information content (AvgIpc) is 2.39. The maximum Gasteiger partial charge on any atom is 0.203 e. The Balaban J connectivity index is 4.04. The quantitative estimate of drug-likeness (QED) is 0.543. The molecule has 0 spiro atoms. The molecule has 0 aliphatic heterocycles. The van der Waals surface area contributed by atoms with Crippen LogP contribution in [0.5, 0.6) is 0 Å². The highest BCUT2D eigenvalue weighted by Crippen LogP contribution is 2.17. The van der Waals surface area contributed by atoms with E-state index >= 15 is 0 Å². The minimum atomic E-state index is -3.80. The third-order valence-corrected chi connectivity index (χ3v) is 5.36. The molecule has 2 unspecified atom stereocenters. The maximum atomic E-state index is 11.9. The first-order chi connectivity index (χ1) is 8.96. The number of hydrogen-bond acceptors (Lipinski definition) is 4. The van der Waals surface area contributed by atoms with Crippen LogP contribution in [-0.4, -0.2) is 29.5 Å². The monoisotopic (exact) mass is 294 g/mol. The number of aliphatic hydroxyl groups is 2. The average molecular weight is 294 g/mol. The second-order valence-corrected chi connectivity index (χ2v) is 7.46. The smallest absolute Gasteiger partial charge is 0.203 e. The molecule has 0 radical (unpaired) electrons. The Morgan fingerprint density at radius 3 is 1.42 bits per heavy atom. The first-order valence-corrected chi connectivity index (χ1v) is 9.16. The highest BCUT2D eigenvalue weighted by molar-refractivity contribution is 7.92. The summed E-state index contributed by atoms with van der Waals surface area (Å²) in [6.07, 6.45) is 7.94. The Bertz CT molecular complexity index is 277. The SMILES string of the molecule is CCCCCCC(O)S(=O)(=O)C(O)CCCCCC. The van der Waals surface area contributed by atoms with E-state index in [0.29, 0.717) is 12.8 Å². The lowest BCUT2D eigenvalue weighted by atomic mass is 10.2. The van der Waals surface area contributed by atoms with Gasteiger partial charge in [-0.2, -0.15) is 0 Å². The van der Waals surface area contributed by atoms with E-state index in [1.54, 1.807) is 0 Å². The summed E-state index contributed by atoms with van der Waals surface area (Å²) in [6.45, 7) is 4.15. The first-order valence-electron chi connectivity index (χ1n) is 7.55. The predicted octanol–water partition coefficient (Wildman–Crippen LogP) is 2.98. The molecule has 0 saturated carbocycles. The van der Waals surface area contributed by atoms with Crippen LogP contribution in [0, 0.1) is 0 Å². The predicted molar refractivity (Wildman–Crippen MR) is 78.5 cm³/mol. The molecule has 0 bridgehead atoms. The lowest BCUT2D eigenvalue weighted by Gasteiger charge is -2.17. The van der Waals surface area contributed by atoms with Gasteiger partial charge in [-0.25, -0.2) is 8.42 Å². The fourth-order valence-corrected chi connectivity index (χ4v) is 3.35. The molecular weight excluding hydrogens is 264 g/mol. The van der Waals surface area contributed by atoms with Crippen molar-refractivity contribution < 1.29 is 18.6 Å². The van der Waals surface area contributed by atoms with Crippen molar-refractivity contribution in [3.05, 3.63) is 0 Å². The van der Waals surface area contributed by atoms with Crippen LogP contribution in [0.2, 0.25) is 0 Å². The topological polar surface area (TPSA) is 74.6 Å². The van der Waals surface area contributed by atoms with Crippen LogP contribution in [0.15, 0.2) is 0 Å². The van der Waals surface area contributed by atoms with Gasteiger partial charge in [0.05, 0.1) is 0 Å². The molecule has 2 N–H and O–H groups in total. The van der Waals surface area contributed by atoms with Crippen molar-refractivity contribution >= 4 is 9.84 Å². The third kappa shape index (κ3) is 7.90. The van der Waals surface area contributed by atoms with E-state index in [0.717, 1.165) is 38.5 Å². The minimum absolute atomic E-state index is 0.231. The van der Waals surface area contributed by atoms with Crippen molar-refractivity contribution in [3.8, 4) is 0 Å². The van der Waals surface area contributed by atoms with E-state index in [1.807, 2.05) is 0 Å². The van der Waals surface area contributed by atoms with Crippen LogP contribution in [-0.2, 0) is 9.84 Å². The Morgan fingerprint density at radius 2 is 1.11 bits per heavy atom. The number of sulfone groups is 1. The molecule has 0 heterocycles. The van der Waals surface area contributed by atoms with Gasteiger partial charge in [-0.1, -0.05) is 52.4 Å². The summed E-state index contributed by atoms with van der Waals surface area (Å²) in [4.78, 5) is 0. The van der Waals surface area contributed by atoms with Crippen LogP contribution in [0.3, 0.4) is 0 Å². The second-order valence-electron chi connectivity index (χ2n) is 5.20. The highest BCUT2D eigenvalue weighted by atomic mass is 32.2. The van der Waals surface area contributed by atoms with Gasteiger partial charge >= 0.3 is 0 Å². The van der Waals surface area contributed by atoms with E-state index in [4.69, 9.17) is 0 Å². The summed E-state index contributed by atoms with van der Waals surface area (Å²) >= 11 is 0. The molecule has 5 heteroatoms. The highest BCUT2D eigenvalue weighted by Gasteiger charge is 2.30. The Morgan fingerprint density at radius 1 is 0.737 bits per heavy atom. The molecule has 0 aromatic heterocycles. The van der Waals surface area contributed by atoms with Crippen LogP contribution in [0.25, 0.3) is 0 Å². The van der Waals surface area contributed by atoms with Gasteiger partial charge in [0.25, 0.3) is 0 Å². The lowest BCUT2D eigenvalue weighted by Crippen LogP contribution is -2.32. The third-order valence-electron chi connectivity index (χ3n) is 3.37. The van der Waals surface area contributed by atoms with Gasteiger partial charge in [0.1, 0.15) is 0 Å². The van der Waals surface area contributed by atoms with Gasteiger partial charge < -0.3 is 10.2 Å². The van der Waals surface area contributed by atoms with Crippen LogP contribution >= 0.6 is 0 Å². The molecule has 0 aliphatic carbocycles. The van der Waals surface area contributed by atoms with Gasteiger partial charge in [-0.15, -0.1) is 0 Å². The van der Waals surface area contributed by atoms with E-state index in [1.165, 1.54) is 0 Å². The molecule has 0 fully saturated rings. The minimum Gasteiger partial charge on any atom is -0.377 e. The molecule has 2 atom stereocenters. The van der Waals surface area contributed by atoms with Crippen molar-refractivity contribution in [3.63, 3.8) is 0 Å². The second kappa shape index (κ2) is 10.6. The maximum absolute atomic E-state index is 11.9. The molecule has 0 aromatic carbocycles. The normalized spacial score (nSPS) is 15.4. The largest absolute Gasteiger partial charge is 0.377 e. The summed E-state index contributed by atoms with van der Waals surface area (Å²) in [5, 5.41) is 19.4. The van der Waals surface area contributed by atoms with Gasteiger partial charge in [0.15, 0.2) is 10.9 Å². The van der Waals surface area contributed by atoms with E-state index in [2.05, 4.69) is 13.8 Å². The van der Waals surface area contributed by atoms with Crippen molar-refractivity contribution in [2.75, 3.05) is 0 Å². The summed E-state index contributed by atoms with van der Waals surface area (Å²) in [5.41, 5.74) is -2.82. The fraction of sp³-hybridized carbons (Fsp3) is 1.00. The van der Waals surface area contributed by atoms with E-state index in [9.17, 15) is 18.6 Å². The zero-order valence-electron chi connectivity index (χ0n) is 12.3. The van der Waals surface area contributed by atoms with Crippen molar-refractivity contribution in [2.45, 2.75) is 88.9 Å². The zero-order chi connectivity index (χ0) is 14.7. The van der Waals surface area contributed by atoms with Crippen molar-refractivity contribution in [1.82, 2.24) is 0 Å². The van der Waals surface area contributed by atoms with Crippen molar-refractivity contribution in [2.24, 2.45) is 0 Å². The van der Waals surface area contributed by atoms with Crippen molar-refractivity contribution in [1.29, 1.82) is 0 Å². The molecule has 19 heavy (non-hydrogen) atoms.